The fourth-order valence-electron chi connectivity index (χ4n) is 2.97. The Bertz CT molecular complexity index is 825. The summed E-state index contributed by atoms with van der Waals surface area (Å²) in [6.07, 6.45) is 0. The van der Waals surface area contributed by atoms with Crippen molar-refractivity contribution < 1.29 is 4.79 Å². The van der Waals surface area contributed by atoms with Crippen molar-refractivity contribution in [3.8, 4) is 0 Å². The molecule has 1 atom stereocenters. The van der Waals surface area contributed by atoms with Gasteiger partial charge >= 0.3 is 0 Å². The first-order valence-corrected chi connectivity index (χ1v) is 9.48. The number of benzene rings is 1. The largest absolute Gasteiger partial charge is 0.350 e. The van der Waals surface area contributed by atoms with Crippen LogP contribution in [0.15, 0.2) is 53.0 Å². The minimum Gasteiger partial charge on any atom is -0.350 e. The maximum absolute atomic E-state index is 13.1. The number of anilines is 1. The number of thiophene rings is 1. The standard InChI is InChI=1S/C19H21N3OS2/c1-11(2)13-7-4-5-8-14(13)21-18(23)16-12(3)20-19(24)22-17(16)15-9-6-10-25-15/h4-11,17H,1-3H3,(H,21,23)(H2,20,22,24)/t17-/m1/s1. The molecule has 0 radical (unpaired) electrons. The van der Waals surface area contributed by atoms with E-state index in [1.165, 1.54) is 0 Å². The van der Waals surface area contributed by atoms with Crippen LogP contribution in [0.2, 0.25) is 0 Å². The van der Waals surface area contributed by atoms with Gasteiger partial charge in [-0.15, -0.1) is 11.3 Å². The zero-order valence-electron chi connectivity index (χ0n) is 14.4. The first kappa shape index (κ1) is 17.6. The fraction of sp³-hybridized carbons (Fsp3) is 0.263. The summed E-state index contributed by atoms with van der Waals surface area (Å²) in [4.78, 5) is 14.1. The molecule has 2 heterocycles. The Morgan fingerprint density at radius 2 is 2.00 bits per heavy atom. The first-order valence-electron chi connectivity index (χ1n) is 8.19. The summed E-state index contributed by atoms with van der Waals surface area (Å²) >= 11 is 6.88. The Balaban J connectivity index is 1.94. The van der Waals surface area contributed by atoms with E-state index in [1.54, 1.807) is 11.3 Å². The van der Waals surface area contributed by atoms with Crippen molar-refractivity contribution >= 4 is 40.3 Å². The number of hydrogen-bond acceptors (Lipinski definition) is 3. The van der Waals surface area contributed by atoms with Crippen LogP contribution >= 0.6 is 23.6 Å². The molecule has 1 aromatic carbocycles. The summed E-state index contributed by atoms with van der Waals surface area (Å²) in [5.74, 6) is 0.210. The van der Waals surface area contributed by atoms with Gasteiger partial charge in [-0.25, -0.2) is 0 Å². The van der Waals surface area contributed by atoms with Gasteiger partial charge in [-0.3, -0.25) is 4.79 Å². The molecule has 1 aliphatic rings. The fourth-order valence-corrected chi connectivity index (χ4v) is 4.02. The van der Waals surface area contributed by atoms with Crippen molar-refractivity contribution in [2.24, 2.45) is 0 Å². The number of thiocarbonyl (C=S) groups is 1. The summed E-state index contributed by atoms with van der Waals surface area (Å²) in [5.41, 5.74) is 3.41. The number of carbonyl (C=O) groups excluding carboxylic acids is 1. The maximum Gasteiger partial charge on any atom is 0.255 e. The molecule has 2 aromatic rings. The molecule has 130 valence electrons. The van der Waals surface area contributed by atoms with Gasteiger partial charge in [0.25, 0.3) is 5.91 Å². The number of amides is 1. The maximum atomic E-state index is 13.1. The molecule has 0 aliphatic carbocycles. The molecule has 4 nitrogen and oxygen atoms in total. The van der Waals surface area contributed by atoms with Crippen molar-refractivity contribution in [1.29, 1.82) is 0 Å². The van der Waals surface area contributed by atoms with Gasteiger partial charge in [-0.2, -0.15) is 0 Å². The van der Waals surface area contributed by atoms with Gasteiger partial charge in [0.2, 0.25) is 0 Å². The highest BCUT2D eigenvalue weighted by Gasteiger charge is 2.30. The predicted octanol–water partition coefficient (Wildman–Crippen LogP) is 4.30. The van der Waals surface area contributed by atoms with E-state index in [0.29, 0.717) is 16.6 Å². The van der Waals surface area contributed by atoms with E-state index >= 15 is 0 Å². The van der Waals surface area contributed by atoms with Crippen LogP contribution in [0, 0.1) is 0 Å². The highest BCUT2D eigenvalue weighted by molar-refractivity contribution is 7.80. The third-order valence-electron chi connectivity index (χ3n) is 4.17. The van der Waals surface area contributed by atoms with Gasteiger partial charge in [-0.1, -0.05) is 38.1 Å². The number of rotatable bonds is 4. The molecule has 6 heteroatoms. The molecular weight excluding hydrogens is 350 g/mol. The SMILES string of the molecule is CC1=C(C(=O)Nc2ccccc2C(C)C)[C@@H](c2cccs2)NC(=S)N1. The molecule has 0 unspecified atom stereocenters. The summed E-state index contributed by atoms with van der Waals surface area (Å²) in [6, 6.07) is 11.7. The van der Waals surface area contributed by atoms with Crippen LogP contribution in [-0.4, -0.2) is 11.0 Å². The van der Waals surface area contributed by atoms with Crippen molar-refractivity contribution in [3.05, 3.63) is 63.5 Å². The van der Waals surface area contributed by atoms with Crippen LogP contribution in [0.1, 0.15) is 43.2 Å². The van der Waals surface area contributed by atoms with Crippen molar-refractivity contribution in [1.82, 2.24) is 10.6 Å². The summed E-state index contributed by atoms with van der Waals surface area (Å²) in [6.45, 7) is 6.12. The Kier molecular flexibility index (Phi) is 5.20. The van der Waals surface area contributed by atoms with Crippen LogP contribution in [0.5, 0.6) is 0 Å². The molecule has 0 spiro atoms. The molecule has 0 saturated heterocycles. The second-order valence-electron chi connectivity index (χ2n) is 6.28. The van der Waals surface area contributed by atoms with Gasteiger partial charge in [0.15, 0.2) is 5.11 Å². The monoisotopic (exact) mass is 371 g/mol. The second kappa shape index (κ2) is 7.37. The average Bonchev–Trinajstić information content (AvgIpc) is 3.08. The lowest BCUT2D eigenvalue weighted by Crippen LogP contribution is -2.45. The lowest BCUT2D eigenvalue weighted by Gasteiger charge is -2.29. The van der Waals surface area contributed by atoms with Gasteiger partial charge in [0, 0.05) is 16.3 Å². The third kappa shape index (κ3) is 3.75. The molecule has 3 N–H and O–H groups in total. The van der Waals surface area contributed by atoms with E-state index in [9.17, 15) is 4.79 Å². The minimum absolute atomic E-state index is 0.119. The highest BCUT2D eigenvalue weighted by atomic mass is 32.1. The van der Waals surface area contributed by atoms with Gasteiger partial charge < -0.3 is 16.0 Å². The van der Waals surface area contributed by atoms with Gasteiger partial charge in [0.05, 0.1) is 11.6 Å². The normalized spacial score (nSPS) is 17.3. The number of para-hydroxylation sites is 1. The molecule has 0 fully saturated rings. The Labute approximate surface area is 157 Å². The molecule has 0 bridgehead atoms. The zero-order valence-corrected chi connectivity index (χ0v) is 16.1. The topological polar surface area (TPSA) is 53.2 Å². The lowest BCUT2D eigenvalue weighted by atomic mass is 9.98. The van der Waals surface area contributed by atoms with E-state index < -0.39 is 0 Å². The molecule has 0 saturated carbocycles. The van der Waals surface area contributed by atoms with Crippen LogP contribution in [-0.2, 0) is 4.79 Å². The van der Waals surface area contributed by atoms with Crippen LogP contribution in [0.25, 0.3) is 0 Å². The van der Waals surface area contributed by atoms with Crippen LogP contribution in [0.4, 0.5) is 5.69 Å². The van der Waals surface area contributed by atoms with E-state index in [0.717, 1.165) is 21.8 Å². The Morgan fingerprint density at radius 3 is 2.68 bits per heavy atom. The van der Waals surface area contributed by atoms with E-state index in [4.69, 9.17) is 12.2 Å². The Hall–Kier alpha value is -2.18. The third-order valence-corrected chi connectivity index (χ3v) is 5.33. The van der Waals surface area contributed by atoms with E-state index in [2.05, 4.69) is 29.8 Å². The molecule has 25 heavy (non-hydrogen) atoms. The quantitative estimate of drug-likeness (QED) is 0.701. The molecule has 1 aromatic heterocycles. The number of carbonyl (C=O) groups is 1. The van der Waals surface area contributed by atoms with Crippen LogP contribution < -0.4 is 16.0 Å². The van der Waals surface area contributed by atoms with E-state index in [-0.39, 0.29) is 11.9 Å². The first-order chi connectivity index (χ1) is 12.0. The van der Waals surface area contributed by atoms with Gasteiger partial charge in [0.1, 0.15) is 0 Å². The predicted molar refractivity (Wildman–Crippen MR) is 108 cm³/mol. The smallest absolute Gasteiger partial charge is 0.255 e. The lowest BCUT2D eigenvalue weighted by molar-refractivity contribution is -0.113. The van der Waals surface area contributed by atoms with Crippen LogP contribution in [0.3, 0.4) is 0 Å². The zero-order chi connectivity index (χ0) is 18.0. The summed E-state index contributed by atoms with van der Waals surface area (Å²) in [5, 5.41) is 11.9. The molecule has 1 aliphatic heterocycles. The van der Waals surface area contributed by atoms with Crippen molar-refractivity contribution in [2.75, 3.05) is 5.32 Å². The Morgan fingerprint density at radius 1 is 1.24 bits per heavy atom. The average molecular weight is 372 g/mol. The van der Waals surface area contributed by atoms with E-state index in [1.807, 2.05) is 48.7 Å². The summed E-state index contributed by atoms with van der Waals surface area (Å²) in [7, 11) is 0. The number of nitrogens with one attached hydrogen (secondary N) is 3. The van der Waals surface area contributed by atoms with Gasteiger partial charge in [-0.05, 0) is 48.1 Å². The van der Waals surface area contributed by atoms with Crippen molar-refractivity contribution in [3.63, 3.8) is 0 Å². The second-order valence-corrected chi connectivity index (χ2v) is 7.67. The summed E-state index contributed by atoms with van der Waals surface area (Å²) < 4.78 is 0. The molecule has 1 amide bonds. The van der Waals surface area contributed by atoms with Crippen molar-refractivity contribution in [2.45, 2.75) is 32.7 Å². The minimum atomic E-state index is -0.236. The molecule has 3 rings (SSSR count). The number of allylic oxidation sites excluding steroid dienone is 1. The number of hydrogen-bond donors (Lipinski definition) is 3. The molecular formula is C19H21N3OS2. The highest BCUT2D eigenvalue weighted by Crippen LogP contribution is 2.31.